The van der Waals surface area contributed by atoms with Gasteiger partial charge in [0.25, 0.3) is 5.69 Å². The molecule has 2 rings (SSSR count). The van der Waals surface area contributed by atoms with E-state index in [1.165, 1.54) is 43.2 Å². The second kappa shape index (κ2) is 8.59. The first kappa shape index (κ1) is 19.6. The fourth-order valence-electron chi connectivity index (χ4n) is 1.95. The molecule has 0 radical (unpaired) electrons. The van der Waals surface area contributed by atoms with Crippen molar-refractivity contribution in [1.82, 2.24) is 0 Å². The van der Waals surface area contributed by atoms with Gasteiger partial charge in [-0.3, -0.25) is 10.1 Å². The molecule has 0 amide bonds. The number of hydrogen-bond donors (Lipinski definition) is 1. The van der Waals surface area contributed by atoms with Crippen molar-refractivity contribution in [2.24, 2.45) is 0 Å². The second-order valence-corrected chi connectivity index (χ2v) is 7.06. The largest absolute Gasteiger partial charge is 0.465 e. The van der Waals surface area contributed by atoms with E-state index in [0.717, 1.165) is 16.9 Å². The molecule has 0 bridgehead atoms. The number of non-ortho nitro benzene ring substituents is 1. The number of rotatable bonds is 6. The number of carbonyl (C=O) groups is 2. The van der Waals surface area contributed by atoms with Crippen LogP contribution in [0.1, 0.15) is 20.7 Å². The maximum absolute atomic E-state index is 11.9. The number of methoxy groups -OCH3 is 2. The molecule has 10 heteroatoms. The van der Waals surface area contributed by atoms with Crippen molar-refractivity contribution in [2.45, 2.75) is 9.79 Å². The Balaban J connectivity index is 2.34. The average Bonchev–Trinajstić information content (AvgIpc) is 2.65. The van der Waals surface area contributed by atoms with Gasteiger partial charge in [0, 0.05) is 27.6 Å². The minimum atomic E-state index is -0.692. The predicted octanol–water partition coefficient (Wildman–Crippen LogP) is 3.55. The molecule has 0 heterocycles. The summed E-state index contributed by atoms with van der Waals surface area (Å²) in [5.41, 5.74) is 6.24. The van der Waals surface area contributed by atoms with E-state index in [4.69, 9.17) is 10.5 Å². The number of esters is 2. The number of benzene rings is 2. The lowest BCUT2D eigenvalue weighted by molar-refractivity contribution is -0.384. The van der Waals surface area contributed by atoms with Gasteiger partial charge in [-0.1, -0.05) is 21.6 Å². The van der Waals surface area contributed by atoms with Crippen LogP contribution in [0.25, 0.3) is 0 Å². The number of nitrogens with zero attached hydrogens (tertiary/aromatic N) is 1. The summed E-state index contributed by atoms with van der Waals surface area (Å²) in [6.07, 6.45) is 0. The summed E-state index contributed by atoms with van der Waals surface area (Å²) in [7, 11) is 4.80. The lowest BCUT2D eigenvalue weighted by Crippen LogP contribution is -2.05. The van der Waals surface area contributed by atoms with Crippen LogP contribution in [-0.4, -0.2) is 31.1 Å². The van der Waals surface area contributed by atoms with Crippen LogP contribution in [0.4, 0.5) is 11.4 Å². The number of nitro benzene ring substituents is 1. The molecule has 0 aliphatic rings. The first-order valence-electron chi connectivity index (χ1n) is 7.06. The van der Waals surface area contributed by atoms with Crippen LogP contribution in [0.3, 0.4) is 0 Å². The van der Waals surface area contributed by atoms with Crippen LogP contribution in [0.15, 0.2) is 46.2 Å². The van der Waals surface area contributed by atoms with Gasteiger partial charge in [0.15, 0.2) is 0 Å². The standard InChI is InChI=1S/C16H14N2O6S2/c1-23-15(19)11-7-9(17)3-5-13(11)25-26-14-6-4-10(18(21)22)8-12(14)16(20)24-2/h3-8H,17H2,1-2H3. The fraction of sp³-hybridized carbons (Fsp3) is 0.125. The van der Waals surface area contributed by atoms with E-state index in [1.807, 2.05) is 0 Å². The molecule has 8 nitrogen and oxygen atoms in total. The summed E-state index contributed by atoms with van der Waals surface area (Å²) in [6.45, 7) is 0. The molecule has 0 fully saturated rings. The van der Waals surface area contributed by atoms with Crippen LogP contribution in [0.5, 0.6) is 0 Å². The fourth-order valence-corrected chi connectivity index (χ4v) is 4.25. The topological polar surface area (TPSA) is 122 Å². The van der Waals surface area contributed by atoms with Crippen molar-refractivity contribution in [1.29, 1.82) is 0 Å². The van der Waals surface area contributed by atoms with E-state index in [-0.39, 0.29) is 16.8 Å². The third-order valence-electron chi connectivity index (χ3n) is 3.21. The smallest absolute Gasteiger partial charge is 0.339 e. The molecule has 0 saturated heterocycles. The maximum atomic E-state index is 11.9. The predicted molar refractivity (Wildman–Crippen MR) is 98.3 cm³/mol. The van der Waals surface area contributed by atoms with Crippen LogP contribution in [0.2, 0.25) is 0 Å². The Morgan fingerprint density at radius 2 is 1.46 bits per heavy atom. The van der Waals surface area contributed by atoms with Gasteiger partial charge in [-0.25, -0.2) is 9.59 Å². The Morgan fingerprint density at radius 3 is 1.96 bits per heavy atom. The summed E-state index contributed by atoms with van der Waals surface area (Å²) in [6, 6.07) is 8.68. The molecule has 0 aromatic heterocycles. The van der Waals surface area contributed by atoms with E-state index in [9.17, 15) is 19.7 Å². The highest BCUT2D eigenvalue weighted by atomic mass is 33.1. The molecule has 0 atom stereocenters. The minimum absolute atomic E-state index is 0.0641. The van der Waals surface area contributed by atoms with Gasteiger partial charge in [-0.15, -0.1) is 0 Å². The molecule has 0 saturated carbocycles. The first-order valence-corrected chi connectivity index (χ1v) is 9.21. The Kier molecular flexibility index (Phi) is 6.47. The van der Waals surface area contributed by atoms with Crippen molar-refractivity contribution in [2.75, 3.05) is 20.0 Å². The number of anilines is 1. The number of ether oxygens (including phenoxy) is 2. The van der Waals surface area contributed by atoms with E-state index >= 15 is 0 Å². The summed E-state index contributed by atoms with van der Waals surface area (Å²) in [4.78, 5) is 35.2. The number of hydrogen-bond acceptors (Lipinski definition) is 9. The Hall–Kier alpha value is -2.72. The van der Waals surface area contributed by atoms with E-state index in [2.05, 4.69) is 4.74 Å². The number of nitro groups is 1. The van der Waals surface area contributed by atoms with Gasteiger partial charge in [0.1, 0.15) is 0 Å². The lowest BCUT2D eigenvalue weighted by Gasteiger charge is -2.10. The highest BCUT2D eigenvalue weighted by Gasteiger charge is 2.19. The van der Waals surface area contributed by atoms with Crippen molar-refractivity contribution < 1.29 is 24.0 Å². The number of nitrogen functional groups attached to an aromatic ring is 1. The minimum Gasteiger partial charge on any atom is -0.465 e. The molecule has 0 aliphatic heterocycles. The third-order valence-corrected chi connectivity index (χ3v) is 5.69. The zero-order chi connectivity index (χ0) is 19.3. The number of nitrogens with two attached hydrogens (primary N) is 1. The van der Waals surface area contributed by atoms with Gasteiger partial charge in [0.05, 0.1) is 30.3 Å². The molecular weight excluding hydrogens is 380 g/mol. The highest BCUT2D eigenvalue weighted by molar-refractivity contribution is 8.76. The summed E-state index contributed by atoms with van der Waals surface area (Å²) in [5, 5.41) is 10.9. The quantitative estimate of drug-likeness (QED) is 0.258. The molecular formula is C16H14N2O6S2. The zero-order valence-electron chi connectivity index (χ0n) is 13.8. The third kappa shape index (κ3) is 4.46. The summed E-state index contributed by atoms with van der Waals surface area (Å²) >= 11 is 0. The molecule has 0 spiro atoms. The molecule has 0 unspecified atom stereocenters. The highest BCUT2D eigenvalue weighted by Crippen LogP contribution is 2.42. The van der Waals surface area contributed by atoms with Gasteiger partial charge < -0.3 is 15.2 Å². The van der Waals surface area contributed by atoms with Crippen LogP contribution in [0, 0.1) is 10.1 Å². The SMILES string of the molecule is COC(=O)c1cc(N)ccc1SSc1ccc([N+](=O)[O-])cc1C(=O)OC. The molecule has 26 heavy (non-hydrogen) atoms. The van der Waals surface area contributed by atoms with E-state index in [1.54, 1.807) is 12.1 Å². The van der Waals surface area contributed by atoms with Gasteiger partial charge in [-0.05, 0) is 24.3 Å². The lowest BCUT2D eigenvalue weighted by atomic mass is 10.2. The van der Waals surface area contributed by atoms with Crippen molar-refractivity contribution in [3.8, 4) is 0 Å². The summed E-state index contributed by atoms with van der Waals surface area (Å²) in [5.74, 6) is -1.24. The normalized spacial score (nSPS) is 10.2. The number of carbonyl (C=O) groups excluding carboxylic acids is 2. The molecule has 2 aromatic carbocycles. The van der Waals surface area contributed by atoms with Crippen LogP contribution >= 0.6 is 21.6 Å². The van der Waals surface area contributed by atoms with Gasteiger partial charge in [-0.2, -0.15) is 0 Å². The van der Waals surface area contributed by atoms with E-state index < -0.39 is 16.9 Å². The Morgan fingerprint density at radius 1 is 0.962 bits per heavy atom. The molecule has 2 N–H and O–H groups in total. The maximum Gasteiger partial charge on any atom is 0.339 e. The van der Waals surface area contributed by atoms with Crippen molar-refractivity contribution >= 4 is 44.9 Å². The molecule has 136 valence electrons. The zero-order valence-corrected chi connectivity index (χ0v) is 15.4. The Bertz CT molecular complexity index is 872. The Labute approximate surface area is 156 Å². The van der Waals surface area contributed by atoms with Crippen LogP contribution in [-0.2, 0) is 9.47 Å². The average molecular weight is 394 g/mol. The second-order valence-electron chi connectivity index (χ2n) is 4.84. The van der Waals surface area contributed by atoms with Crippen molar-refractivity contribution in [3.63, 3.8) is 0 Å². The van der Waals surface area contributed by atoms with Gasteiger partial charge in [0.2, 0.25) is 0 Å². The van der Waals surface area contributed by atoms with E-state index in [0.29, 0.717) is 15.5 Å². The first-order chi connectivity index (χ1) is 12.4. The summed E-state index contributed by atoms with van der Waals surface area (Å²) < 4.78 is 9.42. The molecule has 0 aliphatic carbocycles. The van der Waals surface area contributed by atoms with Gasteiger partial charge >= 0.3 is 11.9 Å². The molecule has 2 aromatic rings. The van der Waals surface area contributed by atoms with Crippen molar-refractivity contribution in [3.05, 3.63) is 57.6 Å². The van der Waals surface area contributed by atoms with Crippen LogP contribution < -0.4 is 5.73 Å². The monoisotopic (exact) mass is 394 g/mol.